The van der Waals surface area contributed by atoms with Crippen LogP contribution in [0.1, 0.15) is 32.6 Å². The molecule has 2 amide bonds. The summed E-state index contributed by atoms with van der Waals surface area (Å²) in [5.74, 6) is -3.70. The van der Waals surface area contributed by atoms with Crippen molar-refractivity contribution in [2.24, 2.45) is 5.11 Å². The third-order valence-corrected chi connectivity index (χ3v) is 2.76. The van der Waals surface area contributed by atoms with Gasteiger partial charge in [-0.3, -0.25) is 14.4 Å². The number of hydrogen-bond donors (Lipinski definition) is 4. The highest BCUT2D eigenvalue weighted by molar-refractivity contribution is 5.90. The molecule has 0 rings (SSSR count). The molecule has 0 aromatic rings. The van der Waals surface area contributed by atoms with Crippen molar-refractivity contribution in [3.05, 3.63) is 10.4 Å². The van der Waals surface area contributed by atoms with Gasteiger partial charge in [0.15, 0.2) is 0 Å². The van der Waals surface area contributed by atoms with E-state index in [-0.39, 0.29) is 19.4 Å². The topological polar surface area (TPSA) is 182 Å². The van der Waals surface area contributed by atoms with Crippen LogP contribution in [0.15, 0.2) is 5.11 Å². The molecule has 0 fully saturated rings. The monoisotopic (exact) mass is 329 g/mol. The number of aliphatic carboxylic acids is 2. The van der Waals surface area contributed by atoms with Gasteiger partial charge in [0.2, 0.25) is 11.8 Å². The van der Waals surface area contributed by atoms with Gasteiger partial charge in [-0.1, -0.05) is 5.11 Å². The Labute approximate surface area is 131 Å². The number of nitrogens with one attached hydrogen (secondary N) is 2. The first-order valence-electron chi connectivity index (χ1n) is 6.83. The fraction of sp³-hybridized carbons (Fsp3) is 0.667. The Morgan fingerprint density at radius 2 is 1.83 bits per heavy atom. The molecule has 0 bridgehead atoms. The Hall–Kier alpha value is -2.81. The molecule has 0 saturated heterocycles. The average molecular weight is 329 g/mol. The molecule has 0 aliphatic rings. The normalized spacial score (nSPS) is 12.4. The first-order chi connectivity index (χ1) is 10.8. The molecule has 23 heavy (non-hydrogen) atoms. The summed E-state index contributed by atoms with van der Waals surface area (Å²) in [4.78, 5) is 47.3. The van der Waals surface area contributed by atoms with Crippen molar-refractivity contribution in [2.45, 2.75) is 44.7 Å². The van der Waals surface area contributed by atoms with Gasteiger partial charge in [-0.05, 0) is 25.3 Å². The highest BCUT2D eigenvalue weighted by Crippen LogP contribution is 1.99. The standard InChI is InChI=1S/C12H19N5O6/c1-7(15-9(18)3-2-6-14-17-13)11(21)16-8(12(22)23)4-5-10(19)20/h7-8H,2-6H2,1H3,(H,15,18)(H,16,21)(H,19,20)(H,22,23)/t7-,8-/m0/s1. The Bertz CT molecular complexity index is 502. The Morgan fingerprint density at radius 3 is 2.35 bits per heavy atom. The molecular weight excluding hydrogens is 310 g/mol. The second-order valence-corrected chi connectivity index (χ2v) is 4.68. The lowest BCUT2D eigenvalue weighted by molar-refractivity contribution is -0.143. The zero-order valence-corrected chi connectivity index (χ0v) is 12.6. The number of hydrogen-bond acceptors (Lipinski definition) is 5. The van der Waals surface area contributed by atoms with Crippen molar-refractivity contribution in [3.8, 4) is 0 Å². The van der Waals surface area contributed by atoms with Gasteiger partial charge in [0.1, 0.15) is 12.1 Å². The number of nitrogens with zero attached hydrogens (tertiary/aromatic N) is 3. The molecule has 0 unspecified atom stereocenters. The predicted molar refractivity (Wildman–Crippen MR) is 77.3 cm³/mol. The maximum absolute atomic E-state index is 11.8. The van der Waals surface area contributed by atoms with Crippen molar-refractivity contribution in [1.29, 1.82) is 0 Å². The molecule has 0 spiro atoms. The third-order valence-electron chi connectivity index (χ3n) is 2.76. The number of rotatable bonds is 11. The van der Waals surface area contributed by atoms with Gasteiger partial charge in [-0.15, -0.1) is 0 Å². The lowest BCUT2D eigenvalue weighted by Gasteiger charge is -2.18. The van der Waals surface area contributed by atoms with Crippen LogP contribution in [0.3, 0.4) is 0 Å². The van der Waals surface area contributed by atoms with Gasteiger partial charge in [0.25, 0.3) is 0 Å². The lowest BCUT2D eigenvalue weighted by Crippen LogP contribution is -2.50. The quantitative estimate of drug-likeness (QED) is 0.179. The average Bonchev–Trinajstić information content (AvgIpc) is 2.47. The third kappa shape index (κ3) is 9.69. The number of carbonyl (C=O) groups excluding carboxylic acids is 2. The first-order valence-corrected chi connectivity index (χ1v) is 6.83. The SMILES string of the molecule is C[C@H](NC(=O)CCCN=[N+]=[N-])C(=O)N[C@@H](CCC(=O)O)C(=O)O. The summed E-state index contributed by atoms with van der Waals surface area (Å²) in [7, 11) is 0. The second kappa shape index (κ2) is 10.9. The van der Waals surface area contributed by atoms with Crippen LogP contribution in [0.4, 0.5) is 0 Å². The fourth-order valence-corrected chi connectivity index (χ4v) is 1.56. The molecule has 11 heteroatoms. The van der Waals surface area contributed by atoms with Crippen LogP contribution in [-0.2, 0) is 19.2 Å². The van der Waals surface area contributed by atoms with E-state index in [1.54, 1.807) is 0 Å². The van der Waals surface area contributed by atoms with Crippen molar-refractivity contribution in [3.63, 3.8) is 0 Å². The molecule has 11 nitrogen and oxygen atoms in total. The number of carboxylic acid groups (broad SMARTS) is 2. The molecule has 2 atom stereocenters. The molecule has 128 valence electrons. The summed E-state index contributed by atoms with van der Waals surface area (Å²) in [6.45, 7) is 1.53. The molecule has 0 saturated carbocycles. The molecule has 0 aliphatic carbocycles. The van der Waals surface area contributed by atoms with Gasteiger partial charge in [0.05, 0.1) is 0 Å². The maximum Gasteiger partial charge on any atom is 0.326 e. The fourth-order valence-electron chi connectivity index (χ4n) is 1.56. The van der Waals surface area contributed by atoms with Crippen LogP contribution < -0.4 is 10.6 Å². The van der Waals surface area contributed by atoms with Crippen LogP contribution in [0.25, 0.3) is 10.4 Å². The van der Waals surface area contributed by atoms with Crippen LogP contribution in [0.5, 0.6) is 0 Å². The molecule has 0 heterocycles. The Morgan fingerprint density at radius 1 is 1.17 bits per heavy atom. The van der Waals surface area contributed by atoms with E-state index in [1.807, 2.05) is 0 Å². The Balaban J connectivity index is 4.34. The maximum atomic E-state index is 11.8. The lowest BCUT2D eigenvalue weighted by atomic mass is 10.1. The predicted octanol–water partition coefficient (Wildman–Crippen LogP) is 0.0158. The minimum absolute atomic E-state index is 0.0536. The van der Waals surface area contributed by atoms with Crippen molar-refractivity contribution in [2.75, 3.05) is 6.54 Å². The number of carbonyl (C=O) groups is 4. The molecular formula is C12H19N5O6. The summed E-state index contributed by atoms with van der Waals surface area (Å²) < 4.78 is 0. The second-order valence-electron chi connectivity index (χ2n) is 4.68. The van der Waals surface area contributed by atoms with Gasteiger partial charge in [-0.2, -0.15) is 0 Å². The smallest absolute Gasteiger partial charge is 0.326 e. The highest BCUT2D eigenvalue weighted by Gasteiger charge is 2.24. The summed E-state index contributed by atoms with van der Waals surface area (Å²) >= 11 is 0. The zero-order chi connectivity index (χ0) is 17.8. The summed E-state index contributed by atoms with van der Waals surface area (Å²) in [6, 6.07) is -2.32. The molecule has 0 radical (unpaired) electrons. The molecule has 0 aromatic carbocycles. The van der Waals surface area contributed by atoms with E-state index in [4.69, 9.17) is 15.7 Å². The minimum Gasteiger partial charge on any atom is -0.481 e. The van der Waals surface area contributed by atoms with E-state index < -0.39 is 42.3 Å². The number of azide groups is 1. The van der Waals surface area contributed by atoms with Crippen LogP contribution >= 0.6 is 0 Å². The van der Waals surface area contributed by atoms with Gasteiger partial charge in [0, 0.05) is 24.3 Å². The Kier molecular flexibility index (Phi) is 9.53. The van der Waals surface area contributed by atoms with Crippen molar-refractivity contribution in [1.82, 2.24) is 10.6 Å². The summed E-state index contributed by atoms with van der Waals surface area (Å²) in [5.41, 5.74) is 8.08. The largest absolute Gasteiger partial charge is 0.481 e. The van der Waals surface area contributed by atoms with E-state index in [9.17, 15) is 19.2 Å². The van der Waals surface area contributed by atoms with Gasteiger partial charge in [-0.25, -0.2) is 4.79 Å². The van der Waals surface area contributed by atoms with E-state index in [0.29, 0.717) is 6.42 Å². The van der Waals surface area contributed by atoms with E-state index in [2.05, 4.69) is 20.7 Å². The highest BCUT2D eigenvalue weighted by atomic mass is 16.4. The van der Waals surface area contributed by atoms with E-state index in [0.717, 1.165) is 0 Å². The number of carboxylic acids is 2. The van der Waals surface area contributed by atoms with Crippen LogP contribution in [-0.4, -0.2) is 52.6 Å². The number of amides is 2. The van der Waals surface area contributed by atoms with Gasteiger partial charge < -0.3 is 20.8 Å². The van der Waals surface area contributed by atoms with E-state index in [1.165, 1.54) is 6.92 Å². The molecule has 0 aromatic heterocycles. The summed E-state index contributed by atoms with van der Waals surface area (Å²) in [6.07, 6.45) is -0.292. The molecule has 0 aliphatic heterocycles. The van der Waals surface area contributed by atoms with Crippen LogP contribution in [0.2, 0.25) is 0 Å². The minimum atomic E-state index is -1.35. The van der Waals surface area contributed by atoms with Crippen LogP contribution in [0, 0.1) is 0 Å². The van der Waals surface area contributed by atoms with E-state index >= 15 is 0 Å². The first kappa shape index (κ1) is 20.2. The molecule has 4 N–H and O–H groups in total. The zero-order valence-electron chi connectivity index (χ0n) is 12.6. The van der Waals surface area contributed by atoms with Crippen molar-refractivity contribution >= 4 is 23.8 Å². The van der Waals surface area contributed by atoms with Gasteiger partial charge >= 0.3 is 11.9 Å². The summed E-state index contributed by atoms with van der Waals surface area (Å²) in [5, 5.41) is 25.3. The van der Waals surface area contributed by atoms with Crippen molar-refractivity contribution < 1.29 is 29.4 Å².